The van der Waals surface area contributed by atoms with Crippen LogP contribution < -0.4 is 5.32 Å². The summed E-state index contributed by atoms with van der Waals surface area (Å²) in [5, 5.41) is 15.4. The Morgan fingerprint density at radius 1 is 1.41 bits per heavy atom. The van der Waals surface area contributed by atoms with Crippen LogP contribution >= 0.6 is 11.6 Å². The normalized spacial score (nSPS) is 11.5. The second-order valence-corrected chi connectivity index (χ2v) is 4.70. The molecule has 0 bridgehead atoms. The van der Waals surface area contributed by atoms with E-state index in [1.165, 1.54) is 29.3 Å². The van der Waals surface area contributed by atoms with Gasteiger partial charge >= 0.3 is 6.18 Å². The first-order valence-electron chi connectivity index (χ1n) is 6.01. The first kappa shape index (κ1) is 16.1. The van der Waals surface area contributed by atoms with E-state index in [2.05, 4.69) is 15.4 Å². The molecule has 0 aliphatic heterocycles. The summed E-state index contributed by atoms with van der Waals surface area (Å²) < 4.78 is 37.4. The standard InChI is InChI=1S/C12H10ClF3N4O2/c13-11-9(18-10(22)1-2-12(14,15)16)6-20(19-11)7-3-8(21)5-17-4-7/h3-6,21H,1-2H2,(H,18,22). The number of nitrogens with zero attached hydrogens (tertiary/aromatic N) is 3. The quantitative estimate of drug-likeness (QED) is 0.901. The minimum atomic E-state index is -4.40. The number of halogens is 4. The summed E-state index contributed by atoms with van der Waals surface area (Å²) in [4.78, 5) is 15.2. The van der Waals surface area contributed by atoms with Crippen molar-refractivity contribution in [3.8, 4) is 11.4 Å². The van der Waals surface area contributed by atoms with Crippen molar-refractivity contribution < 1.29 is 23.1 Å². The third-order valence-electron chi connectivity index (χ3n) is 2.55. The van der Waals surface area contributed by atoms with Crippen molar-refractivity contribution in [1.82, 2.24) is 14.8 Å². The Labute approximate surface area is 127 Å². The van der Waals surface area contributed by atoms with E-state index in [-0.39, 0.29) is 16.6 Å². The fraction of sp³-hybridized carbons (Fsp3) is 0.250. The lowest BCUT2D eigenvalue weighted by Crippen LogP contribution is -2.16. The van der Waals surface area contributed by atoms with E-state index in [1.807, 2.05) is 0 Å². The fourth-order valence-electron chi connectivity index (χ4n) is 1.58. The van der Waals surface area contributed by atoms with Crippen LogP contribution in [-0.4, -0.2) is 32.0 Å². The Morgan fingerprint density at radius 3 is 2.77 bits per heavy atom. The minimum absolute atomic E-state index is 0.0668. The van der Waals surface area contributed by atoms with Gasteiger partial charge in [0.05, 0.1) is 36.4 Å². The van der Waals surface area contributed by atoms with Crippen molar-refractivity contribution in [1.29, 1.82) is 0 Å². The predicted molar refractivity (Wildman–Crippen MR) is 72.0 cm³/mol. The highest BCUT2D eigenvalue weighted by molar-refractivity contribution is 6.32. The van der Waals surface area contributed by atoms with Crippen LogP contribution in [0.4, 0.5) is 18.9 Å². The van der Waals surface area contributed by atoms with Crippen molar-refractivity contribution in [3.63, 3.8) is 0 Å². The molecular weight excluding hydrogens is 325 g/mol. The molecule has 2 heterocycles. The molecule has 2 N–H and O–H groups in total. The number of aromatic nitrogens is 3. The molecule has 118 valence electrons. The molecule has 1 amide bonds. The van der Waals surface area contributed by atoms with Gasteiger partial charge in [-0.1, -0.05) is 11.6 Å². The lowest BCUT2D eigenvalue weighted by atomic mass is 10.3. The molecule has 2 aromatic rings. The number of anilines is 1. The second-order valence-electron chi connectivity index (χ2n) is 4.34. The van der Waals surface area contributed by atoms with E-state index < -0.39 is 24.9 Å². The summed E-state index contributed by atoms with van der Waals surface area (Å²) in [7, 11) is 0. The van der Waals surface area contributed by atoms with Gasteiger partial charge in [-0.3, -0.25) is 9.78 Å². The first-order chi connectivity index (χ1) is 10.2. The molecule has 2 aromatic heterocycles. The van der Waals surface area contributed by atoms with E-state index in [1.54, 1.807) is 0 Å². The van der Waals surface area contributed by atoms with Crippen LogP contribution in [0.1, 0.15) is 12.8 Å². The van der Waals surface area contributed by atoms with Crippen LogP contribution in [0.5, 0.6) is 5.75 Å². The molecule has 6 nitrogen and oxygen atoms in total. The molecular formula is C12H10ClF3N4O2. The smallest absolute Gasteiger partial charge is 0.389 e. The molecule has 0 fully saturated rings. The van der Waals surface area contributed by atoms with Gasteiger partial charge in [-0.25, -0.2) is 4.68 Å². The Morgan fingerprint density at radius 2 is 2.14 bits per heavy atom. The monoisotopic (exact) mass is 334 g/mol. The lowest BCUT2D eigenvalue weighted by molar-refractivity contribution is -0.142. The van der Waals surface area contributed by atoms with Gasteiger partial charge in [-0.2, -0.15) is 18.3 Å². The van der Waals surface area contributed by atoms with Gasteiger partial charge in [-0.15, -0.1) is 0 Å². The maximum absolute atomic E-state index is 12.0. The molecule has 0 spiro atoms. The van der Waals surface area contributed by atoms with Crippen LogP contribution in [0.25, 0.3) is 5.69 Å². The van der Waals surface area contributed by atoms with Gasteiger partial charge < -0.3 is 10.4 Å². The minimum Gasteiger partial charge on any atom is -0.506 e. The Kier molecular flexibility index (Phi) is 4.55. The van der Waals surface area contributed by atoms with Gasteiger partial charge in [0.15, 0.2) is 5.15 Å². The summed E-state index contributed by atoms with van der Waals surface area (Å²) in [6.07, 6.45) is -2.42. The van der Waals surface area contributed by atoms with Crippen molar-refractivity contribution in [2.45, 2.75) is 19.0 Å². The highest BCUT2D eigenvalue weighted by atomic mass is 35.5. The summed E-state index contributed by atoms with van der Waals surface area (Å²) >= 11 is 5.82. The Bertz CT molecular complexity index is 687. The van der Waals surface area contributed by atoms with Crippen molar-refractivity contribution in [2.24, 2.45) is 0 Å². The molecule has 0 saturated carbocycles. The fourth-order valence-corrected chi connectivity index (χ4v) is 1.76. The zero-order valence-electron chi connectivity index (χ0n) is 10.9. The maximum atomic E-state index is 12.0. The zero-order chi connectivity index (χ0) is 16.3. The predicted octanol–water partition coefficient (Wildman–Crippen LogP) is 2.91. The summed E-state index contributed by atoms with van der Waals surface area (Å²) in [5.41, 5.74) is 0.440. The van der Waals surface area contributed by atoms with E-state index >= 15 is 0 Å². The lowest BCUT2D eigenvalue weighted by Gasteiger charge is -2.06. The molecule has 0 unspecified atom stereocenters. The van der Waals surface area contributed by atoms with Crippen molar-refractivity contribution in [3.05, 3.63) is 29.8 Å². The van der Waals surface area contributed by atoms with Crippen LogP contribution in [0, 0.1) is 0 Å². The number of hydrogen-bond donors (Lipinski definition) is 2. The number of pyridine rings is 1. The first-order valence-corrected chi connectivity index (χ1v) is 6.38. The molecule has 10 heteroatoms. The SMILES string of the molecule is O=C(CCC(F)(F)F)Nc1cn(-c2cncc(O)c2)nc1Cl. The second kappa shape index (κ2) is 6.22. The Hall–Kier alpha value is -2.29. The summed E-state index contributed by atoms with van der Waals surface area (Å²) in [5.74, 6) is -0.923. The van der Waals surface area contributed by atoms with Crippen LogP contribution in [-0.2, 0) is 4.79 Å². The zero-order valence-corrected chi connectivity index (χ0v) is 11.7. The van der Waals surface area contributed by atoms with E-state index in [0.717, 1.165) is 0 Å². The third-order valence-corrected chi connectivity index (χ3v) is 2.83. The number of rotatable bonds is 4. The van der Waals surface area contributed by atoms with E-state index in [4.69, 9.17) is 11.6 Å². The molecule has 0 aromatic carbocycles. The summed E-state index contributed by atoms with van der Waals surface area (Å²) in [6.45, 7) is 0. The molecule has 22 heavy (non-hydrogen) atoms. The van der Waals surface area contributed by atoms with Gasteiger partial charge in [0.2, 0.25) is 5.91 Å². The average molecular weight is 335 g/mol. The average Bonchev–Trinajstić information content (AvgIpc) is 2.77. The van der Waals surface area contributed by atoms with Crippen LogP contribution in [0.15, 0.2) is 24.7 Å². The van der Waals surface area contributed by atoms with Gasteiger partial charge in [0.1, 0.15) is 5.75 Å². The highest BCUT2D eigenvalue weighted by Crippen LogP contribution is 2.25. The van der Waals surface area contributed by atoms with E-state index in [9.17, 15) is 23.1 Å². The van der Waals surface area contributed by atoms with Crippen molar-refractivity contribution in [2.75, 3.05) is 5.32 Å². The topological polar surface area (TPSA) is 80.0 Å². The molecule has 0 radical (unpaired) electrons. The van der Waals surface area contributed by atoms with Gasteiger partial charge in [0.25, 0.3) is 0 Å². The van der Waals surface area contributed by atoms with Crippen LogP contribution in [0.3, 0.4) is 0 Å². The number of amides is 1. The number of aromatic hydroxyl groups is 1. The van der Waals surface area contributed by atoms with Gasteiger partial charge in [-0.05, 0) is 0 Å². The molecule has 2 rings (SSSR count). The number of hydrogen-bond acceptors (Lipinski definition) is 4. The molecule has 0 saturated heterocycles. The number of carbonyl (C=O) groups excluding carboxylic acids is 1. The van der Waals surface area contributed by atoms with E-state index in [0.29, 0.717) is 5.69 Å². The number of carbonyl (C=O) groups is 1. The Balaban J connectivity index is 2.09. The summed E-state index contributed by atoms with van der Waals surface area (Å²) in [6, 6.07) is 1.35. The van der Waals surface area contributed by atoms with Crippen LogP contribution in [0.2, 0.25) is 5.15 Å². The highest BCUT2D eigenvalue weighted by Gasteiger charge is 2.28. The van der Waals surface area contributed by atoms with Crippen molar-refractivity contribution >= 4 is 23.2 Å². The molecule has 0 atom stereocenters. The number of alkyl halides is 3. The molecule has 0 aliphatic rings. The number of nitrogens with one attached hydrogen (secondary N) is 1. The maximum Gasteiger partial charge on any atom is 0.389 e. The third kappa shape index (κ3) is 4.35. The molecule has 0 aliphatic carbocycles. The van der Waals surface area contributed by atoms with Gasteiger partial charge in [0, 0.05) is 12.5 Å². The largest absolute Gasteiger partial charge is 0.506 e.